The molecule has 1 rings (SSSR count). The molecule has 1 N–H and O–H groups in total. The number of hydrogen-bond acceptors (Lipinski definition) is 3. The van der Waals surface area contributed by atoms with E-state index in [2.05, 4.69) is 4.74 Å². The molecule has 14 heavy (non-hydrogen) atoms. The summed E-state index contributed by atoms with van der Waals surface area (Å²) in [5, 5.41) is 7.66. The van der Waals surface area contributed by atoms with Crippen LogP contribution in [-0.4, -0.2) is 17.6 Å². The Hall–Kier alpha value is -1.84. The first-order valence-electron chi connectivity index (χ1n) is 4.13. The summed E-state index contributed by atoms with van der Waals surface area (Å²) in [4.78, 5) is 10.8. The highest BCUT2D eigenvalue weighted by Gasteiger charge is 1.93. The van der Waals surface area contributed by atoms with Gasteiger partial charge < -0.3 is 9.30 Å². The van der Waals surface area contributed by atoms with Gasteiger partial charge in [-0.1, -0.05) is 6.07 Å². The van der Waals surface area contributed by atoms with E-state index < -0.39 is 5.97 Å². The van der Waals surface area contributed by atoms with Gasteiger partial charge in [0.05, 0.1) is 7.11 Å². The molecule has 0 aliphatic carbocycles. The van der Waals surface area contributed by atoms with Crippen molar-refractivity contribution in [1.82, 2.24) is 4.57 Å². The van der Waals surface area contributed by atoms with Gasteiger partial charge in [0.25, 0.3) is 0 Å². The number of hydrogen-bond donors (Lipinski definition) is 1. The van der Waals surface area contributed by atoms with E-state index in [1.54, 1.807) is 10.8 Å². The first kappa shape index (κ1) is 10.2. The quantitative estimate of drug-likeness (QED) is 0.559. The summed E-state index contributed by atoms with van der Waals surface area (Å²) in [5.74, 6) is -0.432. The lowest BCUT2D eigenvalue weighted by Gasteiger charge is -2.00. The normalized spacial score (nSPS) is 10.4. The van der Waals surface area contributed by atoms with Gasteiger partial charge in [0.15, 0.2) is 0 Å². The van der Waals surface area contributed by atoms with Gasteiger partial charge in [-0.2, -0.15) is 0 Å². The minimum Gasteiger partial charge on any atom is -0.466 e. The van der Waals surface area contributed by atoms with Gasteiger partial charge in [-0.25, -0.2) is 4.79 Å². The molecule has 0 radical (unpaired) electrons. The molecule has 0 unspecified atom stereocenters. The predicted molar refractivity (Wildman–Crippen MR) is 52.4 cm³/mol. The van der Waals surface area contributed by atoms with Crippen LogP contribution in [0.15, 0.2) is 24.4 Å². The van der Waals surface area contributed by atoms with Crippen LogP contribution in [0.25, 0.3) is 6.20 Å². The molecule has 0 spiro atoms. The number of rotatable bonds is 2. The molecule has 1 aromatic rings. The molecular formula is C10H12N2O2. The van der Waals surface area contributed by atoms with E-state index in [9.17, 15) is 4.79 Å². The number of nitrogens with zero attached hydrogens (tertiary/aromatic N) is 1. The first-order chi connectivity index (χ1) is 6.65. The van der Waals surface area contributed by atoms with Gasteiger partial charge in [0, 0.05) is 18.5 Å². The zero-order chi connectivity index (χ0) is 10.6. The van der Waals surface area contributed by atoms with Crippen LogP contribution in [-0.2, 0) is 9.53 Å². The Morgan fingerprint density at radius 1 is 1.64 bits per heavy atom. The highest BCUT2D eigenvalue weighted by atomic mass is 16.5. The third-order valence-electron chi connectivity index (χ3n) is 1.80. The van der Waals surface area contributed by atoms with E-state index in [4.69, 9.17) is 5.41 Å². The average Bonchev–Trinajstić information content (AvgIpc) is 2.20. The van der Waals surface area contributed by atoms with E-state index in [-0.39, 0.29) is 0 Å². The zero-order valence-corrected chi connectivity index (χ0v) is 8.15. The molecule has 0 fully saturated rings. The number of esters is 1. The second-order valence-corrected chi connectivity index (χ2v) is 2.79. The zero-order valence-electron chi connectivity index (χ0n) is 8.15. The summed E-state index contributed by atoms with van der Waals surface area (Å²) in [6.07, 6.45) is 4.48. The predicted octanol–water partition coefficient (Wildman–Crippen LogP) is 0.920. The lowest BCUT2D eigenvalue weighted by atomic mass is 10.3. The van der Waals surface area contributed by atoms with Crippen LogP contribution in [0, 0.1) is 12.3 Å². The van der Waals surface area contributed by atoms with Crippen LogP contribution in [0.2, 0.25) is 0 Å². The third kappa shape index (κ3) is 2.32. The lowest BCUT2D eigenvalue weighted by Crippen LogP contribution is -2.17. The van der Waals surface area contributed by atoms with Gasteiger partial charge in [-0.3, -0.25) is 5.41 Å². The minimum atomic E-state index is -0.432. The largest absolute Gasteiger partial charge is 0.466 e. The van der Waals surface area contributed by atoms with E-state index in [0.717, 1.165) is 5.56 Å². The highest BCUT2D eigenvalue weighted by molar-refractivity contribution is 5.84. The van der Waals surface area contributed by atoms with Crippen molar-refractivity contribution in [3.05, 3.63) is 35.5 Å². The molecule has 0 aromatic carbocycles. The summed E-state index contributed by atoms with van der Waals surface area (Å²) in [6, 6.07) is 3.65. The average molecular weight is 192 g/mol. The van der Waals surface area contributed by atoms with Crippen molar-refractivity contribution < 1.29 is 9.53 Å². The summed E-state index contributed by atoms with van der Waals surface area (Å²) in [6.45, 7) is 1.84. The van der Waals surface area contributed by atoms with E-state index >= 15 is 0 Å². The number of carbonyl (C=O) groups excluding carboxylic acids is 1. The number of ether oxygens (including phenoxy) is 1. The molecular weight excluding hydrogens is 180 g/mol. The van der Waals surface area contributed by atoms with Gasteiger partial charge in [-0.15, -0.1) is 0 Å². The van der Waals surface area contributed by atoms with Gasteiger partial charge in [0.2, 0.25) is 0 Å². The Bertz CT molecular complexity index is 418. The summed E-state index contributed by atoms with van der Waals surface area (Å²) in [5.41, 5.74) is 1.20. The van der Waals surface area contributed by atoms with Crippen molar-refractivity contribution in [1.29, 1.82) is 5.41 Å². The van der Waals surface area contributed by atoms with Crippen LogP contribution in [0.5, 0.6) is 0 Å². The number of aryl methyl sites for hydroxylation is 1. The molecule has 0 amide bonds. The van der Waals surface area contributed by atoms with Gasteiger partial charge >= 0.3 is 5.97 Å². The number of methoxy groups -OCH3 is 1. The SMILES string of the molecule is COC(=O)/C=C/n1cccc(C)c1=N. The molecule has 0 aliphatic heterocycles. The van der Waals surface area contributed by atoms with E-state index in [0.29, 0.717) is 5.49 Å². The molecule has 74 valence electrons. The number of carbonyl (C=O) groups is 1. The molecule has 4 heteroatoms. The molecule has 1 aromatic heterocycles. The van der Waals surface area contributed by atoms with Crippen molar-refractivity contribution in [2.24, 2.45) is 0 Å². The van der Waals surface area contributed by atoms with Crippen molar-refractivity contribution in [3.63, 3.8) is 0 Å². The second kappa shape index (κ2) is 4.41. The lowest BCUT2D eigenvalue weighted by molar-refractivity contribution is -0.134. The number of nitrogens with one attached hydrogen (secondary N) is 1. The number of aromatic nitrogens is 1. The Labute approximate surface area is 82.0 Å². The molecule has 0 aliphatic rings. The van der Waals surface area contributed by atoms with Crippen molar-refractivity contribution in [2.45, 2.75) is 6.92 Å². The van der Waals surface area contributed by atoms with Gasteiger partial charge in [0.1, 0.15) is 5.49 Å². The van der Waals surface area contributed by atoms with Crippen LogP contribution < -0.4 is 5.49 Å². The summed E-state index contributed by atoms with van der Waals surface area (Å²) in [7, 11) is 1.31. The standard InChI is InChI=1S/C10H12N2O2/c1-8-4-3-6-12(10(8)11)7-5-9(13)14-2/h3-7,11H,1-2H3/b7-5+,11-10?. The Kier molecular flexibility index (Phi) is 3.23. The van der Waals surface area contributed by atoms with Crippen LogP contribution >= 0.6 is 0 Å². The Balaban J connectivity index is 2.98. The summed E-state index contributed by atoms with van der Waals surface area (Å²) < 4.78 is 5.99. The second-order valence-electron chi connectivity index (χ2n) is 2.79. The maximum Gasteiger partial charge on any atom is 0.331 e. The van der Waals surface area contributed by atoms with Gasteiger partial charge in [-0.05, 0) is 18.6 Å². The molecule has 0 atom stereocenters. The fourth-order valence-corrected chi connectivity index (χ4v) is 0.971. The molecule has 1 heterocycles. The first-order valence-corrected chi connectivity index (χ1v) is 4.13. The molecule has 0 bridgehead atoms. The molecule has 0 saturated heterocycles. The maximum absolute atomic E-state index is 10.8. The van der Waals surface area contributed by atoms with Crippen molar-refractivity contribution in [3.8, 4) is 0 Å². The fourth-order valence-electron chi connectivity index (χ4n) is 0.971. The van der Waals surface area contributed by atoms with E-state index in [1.807, 2.05) is 19.1 Å². The maximum atomic E-state index is 10.8. The van der Waals surface area contributed by atoms with Crippen LogP contribution in [0.3, 0.4) is 0 Å². The third-order valence-corrected chi connectivity index (χ3v) is 1.80. The smallest absolute Gasteiger partial charge is 0.331 e. The minimum absolute atomic E-state index is 0.354. The topological polar surface area (TPSA) is 55.1 Å². The Morgan fingerprint density at radius 2 is 2.36 bits per heavy atom. The highest BCUT2D eigenvalue weighted by Crippen LogP contribution is 1.90. The monoisotopic (exact) mass is 192 g/mol. The number of pyridine rings is 1. The van der Waals surface area contributed by atoms with Crippen LogP contribution in [0.4, 0.5) is 0 Å². The van der Waals surface area contributed by atoms with Crippen molar-refractivity contribution >= 4 is 12.2 Å². The molecule has 0 saturated carbocycles. The van der Waals surface area contributed by atoms with Crippen molar-refractivity contribution in [2.75, 3.05) is 7.11 Å². The van der Waals surface area contributed by atoms with Crippen LogP contribution in [0.1, 0.15) is 5.56 Å². The van der Waals surface area contributed by atoms with E-state index in [1.165, 1.54) is 19.4 Å². The Morgan fingerprint density at radius 3 is 3.00 bits per heavy atom. The summed E-state index contributed by atoms with van der Waals surface area (Å²) >= 11 is 0. The molecule has 4 nitrogen and oxygen atoms in total. The fraction of sp³-hybridized carbons (Fsp3) is 0.200.